The summed E-state index contributed by atoms with van der Waals surface area (Å²) in [5.41, 5.74) is 0.475. The van der Waals surface area contributed by atoms with Crippen LogP contribution in [0, 0.1) is 0 Å². The molecule has 0 saturated carbocycles. The van der Waals surface area contributed by atoms with Gasteiger partial charge in [0.1, 0.15) is 4.60 Å². The first-order valence-corrected chi connectivity index (χ1v) is 4.46. The average molecular weight is 256 g/mol. The Bertz CT molecular complexity index is 280. The number of rotatable bonds is 2. The molecule has 1 aromatic heterocycles. The van der Waals surface area contributed by atoms with E-state index >= 15 is 0 Å². The molecule has 5 heteroatoms. The van der Waals surface area contributed by atoms with Crippen LogP contribution in [0.5, 0.6) is 0 Å². The van der Waals surface area contributed by atoms with Gasteiger partial charge in [-0.15, -0.1) is 11.6 Å². The zero-order valence-electron chi connectivity index (χ0n) is 5.90. The molecule has 0 bridgehead atoms. The highest BCUT2D eigenvalue weighted by atomic mass is 79.9. The standard InChI is InChI=1S/C7H5BrClF2N/c8-6-5(7(10)11)1-4(2-9)3-12-6/h1,3,7H,2H2. The number of nitrogens with zero attached hydrogens (tertiary/aromatic N) is 1. The van der Waals surface area contributed by atoms with E-state index < -0.39 is 6.43 Å². The fraction of sp³-hybridized carbons (Fsp3) is 0.286. The van der Waals surface area contributed by atoms with E-state index in [4.69, 9.17) is 11.6 Å². The summed E-state index contributed by atoms with van der Waals surface area (Å²) < 4.78 is 24.6. The van der Waals surface area contributed by atoms with Crippen LogP contribution >= 0.6 is 27.5 Å². The Morgan fingerprint density at radius 3 is 2.75 bits per heavy atom. The zero-order chi connectivity index (χ0) is 9.14. The fourth-order valence-corrected chi connectivity index (χ4v) is 1.27. The molecule has 0 aromatic carbocycles. The summed E-state index contributed by atoms with van der Waals surface area (Å²) in [5, 5.41) is 0. The van der Waals surface area contributed by atoms with Crippen molar-refractivity contribution in [2.75, 3.05) is 0 Å². The summed E-state index contributed by atoms with van der Waals surface area (Å²) in [7, 11) is 0. The molecular weight excluding hydrogens is 251 g/mol. The molecule has 0 fully saturated rings. The van der Waals surface area contributed by atoms with Gasteiger partial charge in [-0.25, -0.2) is 13.8 Å². The van der Waals surface area contributed by atoms with Gasteiger partial charge in [0.05, 0.1) is 5.56 Å². The van der Waals surface area contributed by atoms with Gasteiger partial charge in [-0.3, -0.25) is 0 Å². The molecular formula is C7H5BrClF2N. The van der Waals surface area contributed by atoms with Crippen LogP contribution in [-0.4, -0.2) is 4.98 Å². The van der Waals surface area contributed by atoms with Crippen LogP contribution < -0.4 is 0 Å². The Kier molecular flexibility index (Phi) is 3.40. The Morgan fingerprint density at radius 2 is 2.25 bits per heavy atom. The molecule has 0 aliphatic heterocycles. The van der Waals surface area contributed by atoms with E-state index in [-0.39, 0.29) is 16.0 Å². The van der Waals surface area contributed by atoms with Crippen LogP contribution in [0.1, 0.15) is 17.6 Å². The Hall–Kier alpha value is -0.220. The van der Waals surface area contributed by atoms with Crippen LogP contribution in [0.15, 0.2) is 16.9 Å². The lowest BCUT2D eigenvalue weighted by molar-refractivity contribution is 0.150. The summed E-state index contributed by atoms with van der Waals surface area (Å²) in [6.07, 6.45) is -1.06. The fourth-order valence-electron chi connectivity index (χ4n) is 0.737. The first-order chi connectivity index (χ1) is 5.65. The van der Waals surface area contributed by atoms with Crippen LogP contribution in [0.3, 0.4) is 0 Å². The molecule has 0 N–H and O–H groups in total. The van der Waals surface area contributed by atoms with E-state index in [0.29, 0.717) is 5.56 Å². The lowest BCUT2D eigenvalue weighted by Gasteiger charge is -2.03. The number of hydrogen-bond acceptors (Lipinski definition) is 1. The lowest BCUT2D eigenvalue weighted by atomic mass is 10.2. The quantitative estimate of drug-likeness (QED) is 0.583. The minimum atomic E-state index is -2.52. The number of pyridine rings is 1. The molecule has 0 radical (unpaired) electrons. The molecule has 0 saturated heterocycles. The van der Waals surface area contributed by atoms with Crippen molar-refractivity contribution in [2.45, 2.75) is 12.3 Å². The van der Waals surface area contributed by atoms with E-state index in [1.807, 2.05) is 0 Å². The molecule has 0 unspecified atom stereocenters. The topological polar surface area (TPSA) is 12.9 Å². The van der Waals surface area contributed by atoms with Crippen LogP contribution in [0.4, 0.5) is 8.78 Å². The van der Waals surface area contributed by atoms with Gasteiger partial charge < -0.3 is 0 Å². The van der Waals surface area contributed by atoms with E-state index in [0.717, 1.165) is 0 Å². The molecule has 0 aliphatic carbocycles. The minimum absolute atomic E-state index is 0.117. The molecule has 1 heterocycles. The largest absolute Gasteiger partial charge is 0.266 e. The molecule has 1 rings (SSSR count). The van der Waals surface area contributed by atoms with Crippen LogP contribution in [0.2, 0.25) is 0 Å². The van der Waals surface area contributed by atoms with Crippen LogP contribution in [-0.2, 0) is 5.88 Å². The van der Waals surface area contributed by atoms with E-state index in [9.17, 15) is 8.78 Å². The van der Waals surface area contributed by atoms with Gasteiger partial charge in [0.2, 0.25) is 0 Å². The Labute approximate surface area is 81.9 Å². The van der Waals surface area contributed by atoms with Gasteiger partial charge in [0.15, 0.2) is 0 Å². The molecule has 1 aromatic rings. The summed E-state index contributed by atoms with van der Waals surface area (Å²) in [6, 6.07) is 1.34. The third-order valence-corrected chi connectivity index (χ3v) is 2.28. The number of alkyl halides is 3. The molecule has 0 aliphatic rings. The maximum Gasteiger partial charge on any atom is 0.266 e. The third kappa shape index (κ3) is 2.14. The Balaban J connectivity index is 3.08. The van der Waals surface area contributed by atoms with Crippen molar-refractivity contribution in [2.24, 2.45) is 0 Å². The van der Waals surface area contributed by atoms with Gasteiger partial charge in [-0.1, -0.05) is 0 Å². The number of hydrogen-bond donors (Lipinski definition) is 0. The first kappa shape index (κ1) is 9.86. The second-order valence-corrected chi connectivity index (χ2v) is 3.18. The van der Waals surface area contributed by atoms with Gasteiger partial charge in [-0.2, -0.15) is 0 Å². The van der Waals surface area contributed by atoms with Crippen molar-refractivity contribution in [3.8, 4) is 0 Å². The molecule has 0 atom stereocenters. The van der Waals surface area contributed by atoms with Crippen molar-refractivity contribution < 1.29 is 8.78 Å². The maximum atomic E-state index is 12.2. The van der Waals surface area contributed by atoms with Crippen molar-refractivity contribution in [3.05, 3.63) is 28.0 Å². The lowest BCUT2D eigenvalue weighted by Crippen LogP contribution is -1.92. The van der Waals surface area contributed by atoms with Gasteiger partial charge in [-0.05, 0) is 27.6 Å². The van der Waals surface area contributed by atoms with E-state index in [1.54, 1.807) is 0 Å². The highest BCUT2D eigenvalue weighted by molar-refractivity contribution is 9.10. The monoisotopic (exact) mass is 255 g/mol. The van der Waals surface area contributed by atoms with E-state index in [2.05, 4.69) is 20.9 Å². The first-order valence-electron chi connectivity index (χ1n) is 3.13. The Morgan fingerprint density at radius 1 is 1.58 bits per heavy atom. The summed E-state index contributed by atoms with van der Waals surface area (Å²) in [4.78, 5) is 3.72. The summed E-state index contributed by atoms with van der Waals surface area (Å²) in [6.45, 7) is 0. The van der Waals surface area contributed by atoms with Crippen molar-refractivity contribution in [3.63, 3.8) is 0 Å². The number of halogens is 4. The molecule has 0 spiro atoms. The second kappa shape index (κ2) is 4.14. The normalized spacial score (nSPS) is 10.8. The van der Waals surface area contributed by atoms with Crippen molar-refractivity contribution in [1.29, 1.82) is 0 Å². The number of aromatic nitrogens is 1. The summed E-state index contributed by atoms with van der Waals surface area (Å²) in [5.74, 6) is 0.194. The third-order valence-electron chi connectivity index (χ3n) is 1.31. The van der Waals surface area contributed by atoms with Gasteiger partial charge in [0, 0.05) is 12.1 Å². The second-order valence-electron chi connectivity index (χ2n) is 2.16. The van der Waals surface area contributed by atoms with Crippen molar-refractivity contribution in [1.82, 2.24) is 4.98 Å². The van der Waals surface area contributed by atoms with Crippen LogP contribution in [0.25, 0.3) is 0 Å². The predicted octanol–water partition coefficient (Wildman–Crippen LogP) is 3.52. The molecule has 12 heavy (non-hydrogen) atoms. The predicted molar refractivity (Wildman–Crippen MR) is 46.5 cm³/mol. The van der Waals surface area contributed by atoms with E-state index in [1.165, 1.54) is 12.3 Å². The average Bonchev–Trinajstić information content (AvgIpc) is 2.05. The zero-order valence-corrected chi connectivity index (χ0v) is 8.24. The molecule has 0 amide bonds. The highest BCUT2D eigenvalue weighted by Crippen LogP contribution is 2.26. The minimum Gasteiger partial charge on any atom is -0.249 e. The SMILES string of the molecule is FC(F)c1cc(CCl)cnc1Br. The van der Waals surface area contributed by atoms with Gasteiger partial charge >= 0.3 is 0 Å². The van der Waals surface area contributed by atoms with Gasteiger partial charge in [0.25, 0.3) is 6.43 Å². The highest BCUT2D eigenvalue weighted by Gasteiger charge is 2.12. The molecule has 66 valence electrons. The maximum absolute atomic E-state index is 12.2. The summed E-state index contributed by atoms with van der Waals surface area (Å²) >= 11 is 8.38. The molecule has 1 nitrogen and oxygen atoms in total. The van der Waals surface area contributed by atoms with Crippen molar-refractivity contribution >= 4 is 27.5 Å². The smallest absolute Gasteiger partial charge is 0.249 e.